The van der Waals surface area contributed by atoms with Crippen LogP contribution < -0.4 is 0 Å². The number of aromatic hydroxyl groups is 1. The molecule has 17 heavy (non-hydrogen) atoms. The zero-order valence-corrected chi connectivity index (χ0v) is 8.84. The van der Waals surface area contributed by atoms with Crippen molar-refractivity contribution in [1.82, 2.24) is 9.38 Å². The van der Waals surface area contributed by atoms with E-state index in [9.17, 15) is 9.50 Å². The Bertz CT molecular complexity index is 691. The van der Waals surface area contributed by atoms with Crippen molar-refractivity contribution in [1.29, 1.82) is 0 Å². The van der Waals surface area contributed by atoms with Crippen molar-refractivity contribution < 1.29 is 9.50 Å². The van der Waals surface area contributed by atoms with Crippen LogP contribution >= 0.6 is 0 Å². The number of fused-ring (bicyclic) bond motifs is 1. The third kappa shape index (κ3) is 1.54. The fourth-order valence-corrected chi connectivity index (χ4v) is 1.86. The fourth-order valence-electron chi connectivity index (χ4n) is 1.86. The van der Waals surface area contributed by atoms with E-state index in [4.69, 9.17) is 0 Å². The highest BCUT2D eigenvalue weighted by molar-refractivity contribution is 5.63. The normalized spacial score (nSPS) is 10.9. The largest absolute Gasteiger partial charge is 0.494 e. The molecule has 3 aromatic rings. The maximum Gasteiger partial charge on any atom is 0.197 e. The van der Waals surface area contributed by atoms with E-state index in [0.29, 0.717) is 11.4 Å². The third-order valence-electron chi connectivity index (χ3n) is 2.61. The van der Waals surface area contributed by atoms with Gasteiger partial charge >= 0.3 is 0 Å². The van der Waals surface area contributed by atoms with Crippen molar-refractivity contribution >= 4 is 5.52 Å². The molecule has 84 valence electrons. The summed E-state index contributed by atoms with van der Waals surface area (Å²) in [5, 5.41) is 9.80. The van der Waals surface area contributed by atoms with Crippen molar-refractivity contribution in [3.8, 4) is 17.3 Å². The first-order valence-corrected chi connectivity index (χ1v) is 5.17. The standard InChI is InChI=1S/C13H9FN2O/c14-10-4-1-3-9(7-10)13-15-8-11-5-2-6-12(17)16(11)13/h1-8,17H. The summed E-state index contributed by atoms with van der Waals surface area (Å²) in [6.45, 7) is 0. The monoisotopic (exact) mass is 228 g/mol. The maximum absolute atomic E-state index is 13.2. The Morgan fingerprint density at radius 1 is 1.12 bits per heavy atom. The summed E-state index contributed by atoms with van der Waals surface area (Å²) in [5.74, 6) is 0.284. The number of nitrogens with zero attached hydrogens (tertiary/aromatic N) is 2. The van der Waals surface area contributed by atoms with Crippen molar-refractivity contribution in [2.75, 3.05) is 0 Å². The molecule has 4 heteroatoms. The van der Waals surface area contributed by atoms with Gasteiger partial charge in [0.25, 0.3) is 0 Å². The van der Waals surface area contributed by atoms with Crippen LogP contribution in [0.4, 0.5) is 4.39 Å². The summed E-state index contributed by atoms with van der Waals surface area (Å²) < 4.78 is 14.7. The maximum atomic E-state index is 13.2. The van der Waals surface area contributed by atoms with Gasteiger partial charge in [-0.3, -0.25) is 4.40 Å². The number of benzene rings is 1. The highest BCUT2D eigenvalue weighted by Gasteiger charge is 2.09. The minimum atomic E-state index is -0.324. The second kappa shape index (κ2) is 3.59. The lowest BCUT2D eigenvalue weighted by atomic mass is 10.2. The lowest BCUT2D eigenvalue weighted by molar-refractivity contribution is 0.447. The molecule has 2 heterocycles. The summed E-state index contributed by atoms with van der Waals surface area (Å²) in [6, 6.07) is 11.3. The van der Waals surface area contributed by atoms with Gasteiger partial charge in [-0.1, -0.05) is 18.2 Å². The van der Waals surface area contributed by atoms with Crippen LogP contribution in [0.15, 0.2) is 48.7 Å². The number of aromatic nitrogens is 2. The molecule has 3 rings (SSSR count). The molecule has 1 N–H and O–H groups in total. The van der Waals surface area contributed by atoms with Gasteiger partial charge in [0.2, 0.25) is 0 Å². The average molecular weight is 228 g/mol. The van der Waals surface area contributed by atoms with E-state index in [1.165, 1.54) is 12.1 Å². The van der Waals surface area contributed by atoms with Crippen molar-refractivity contribution in [3.05, 3.63) is 54.5 Å². The van der Waals surface area contributed by atoms with E-state index in [0.717, 1.165) is 5.52 Å². The van der Waals surface area contributed by atoms with E-state index in [1.807, 2.05) is 6.07 Å². The van der Waals surface area contributed by atoms with Crippen molar-refractivity contribution in [3.63, 3.8) is 0 Å². The SMILES string of the molecule is Oc1cccc2cnc(-c3cccc(F)c3)n12. The molecule has 0 unspecified atom stereocenters. The molecule has 0 saturated heterocycles. The number of pyridine rings is 1. The Morgan fingerprint density at radius 3 is 2.76 bits per heavy atom. The summed E-state index contributed by atoms with van der Waals surface area (Å²) in [5.41, 5.74) is 1.40. The summed E-state index contributed by atoms with van der Waals surface area (Å²) in [4.78, 5) is 4.20. The number of rotatable bonds is 1. The Balaban J connectivity index is 2.31. The van der Waals surface area contributed by atoms with Crippen LogP contribution in [0, 0.1) is 5.82 Å². The highest BCUT2D eigenvalue weighted by atomic mass is 19.1. The second-order valence-electron chi connectivity index (χ2n) is 3.74. The third-order valence-corrected chi connectivity index (χ3v) is 2.61. The molecule has 2 aromatic heterocycles. The molecule has 3 nitrogen and oxygen atoms in total. The topological polar surface area (TPSA) is 37.5 Å². The fraction of sp³-hybridized carbons (Fsp3) is 0. The predicted octanol–water partition coefficient (Wildman–Crippen LogP) is 2.85. The molecule has 0 saturated carbocycles. The highest BCUT2D eigenvalue weighted by Crippen LogP contribution is 2.24. The Kier molecular flexibility index (Phi) is 2.08. The van der Waals surface area contributed by atoms with Gasteiger partial charge in [-0.25, -0.2) is 9.37 Å². The Morgan fingerprint density at radius 2 is 1.94 bits per heavy atom. The first-order valence-electron chi connectivity index (χ1n) is 5.17. The van der Waals surface area contributed by atoms with Gasteiger partial charge in [0, 0.05) is 5.56 Å². The van der Waals surface area contributed by atoms with Gasteiger partial charge in [-0.2, -0.15) is 0 Å². The molecular weight excluding hydrogens is 219 g/mol. The summed E-state index contributed by atoms with van der Waals surface area (Å²) in [7, 11) is 0. The molecule has 0 amide bonds. The molecule has 0 fully saturated rings. The van der Waals surface area contributed by atoms with E-state index in [1.54, 1.807) is 34.9 Å². The molecule has 0 aliphatic carbocycles. The van der Waals surface area contributed by atoms with Gasteiger partial charge in [0.05, 0.1) is 11.7 Å². The van der Waals surface area contributed by atoms with Crippen LogP contribution in [0.5, 0.6) is 5.88 Å². The van der Waals surface area contributed by atoms with Crippen LogP contribution in [-0.4, -0.2) is 14.5 Å². The lowest BCUT2D eigenvalue weighted by Gasteiger charge is -2.03. The quantitative estimate of drug-likeness (QED) is 0.695. The molecule has 0 radical (unpaired) electrons. The molecule has 1 aromatic carbocycles. The predicted molar refractivity (Wildman–Crippen MR) is 62.3 cm³/mol. The van der Waals surface area contributed by atoms with Crippen LogP contribution in [0.1, 0.15) is 0 Å². The van der Waals surface area contributed by atoms with Gasteiger partial charge in [-0.15, -0.1) is 0 Å². The summed E-state index contributed by atoms with van der Waals surface area (Å²) in [6.07, 6.45) is 1.64. The minimum Gasteiger partial charge on any atom is -0.494 e. The van der Waals surface area contributed by atoms with E-state index in [2.05, 4.69) is 4.98 Å². The average Bonchev–Trinajstić information content (AvgIpc) is 2.74. The molecule has 0 aliphatic rings. The lowest BCUT2D eigenvalue weighted by Crippen LogP contribution is -1.90. The van der Waals surface area contributed by atoms with Gasteiger partial charge < -0.3 is 5.11 Å². The number of halogens is 1. The van der Waals surface area contributed by atoms with Crippen LogP contribution in [0.25, 0.3) is 16.9 Å². The minimum absolute atomic E-state index is 0.0826. The molecule has 0 atom stereocenters. The van der Waals surface area contributed by atoms with Gasteiger partial charge in [0.1, 0.15) is 11.6 Å². The summed E-state index contributed by atoms with van der Waals surface area (Å²) >= 11 is 0. The zero-order chi connectivity index (χ0) is 11.8. The molecular formula is C13H9FN2O. The first kappa shape index (κ1) is 9.84. The molecule has 0 spiro atoms. The van der Waals surface area contributed by atoms with Crippen molar-refractivity contribution in [2.45, 2.75) is 0 Å². The first-order chi connectivity index (χ1) is 8.25. The number of imidazole rings is 1. The van der Waals surface area contributed by atoms with Crippen LogP contribution in [0.2, 0.25) is 0 Å². The second-order valence-corrected chi connectivity index (χ2v) is 3.74. The zero-order valence-electron chi connectivity index (χ0n) is 8.84. The Labute approximate surface area is 96.8 Å². The molecule has 0 aliphatic heterocycles. The van der Waals surface area contributed by atoms with Crippen LogP contribution in [0.3, 0.4) is 0 Å². The smallest absolute Gasteiger partial charge is 0.197 e. The van der Waals surface area contributed by atoms with Gasteiger partial charge in [-0.05, 0) is 24.3 Å². The van der Waals surface area contributed by atoms with E-state index >= 15 is 0 Å². The number of hydrogen-bond acceptors (Lipinski definition) is 2. The van der Waals surface area contributed by atoms with E-state index in [-0.39, 0.29) is 11.7 Å². The van der Waals surface area contributed by atoms with Gasteiger partial charge in [0.15, 0.2) is 5.88 Å². The van der Waals surface area contributed by atoms with Crippen molar-refractivity contribution in [2.24, 2.45) is 0 Å². The Hall–Kier alpha value is -2.36. The van der Waals surface area contributed by atoms with Crippen LogP contribution in [-0.2, 0) is 0 Å². The van der Waals surface area contributed by atoms with E-state index < -0.39 is 0 Å². The molecule has 0 bridgehead atoms. The number of hydrogen-bond donors (Lipinski definition) is 1.